The molecular formula is C21H25FN6O2. The third-order valence-electron chi connectivity index (χ3n) is 4.97. The molecule has 1 fully saturated rings. The molecule has 1 saturated carbocycles. The number of rotatable bonds is 8. The van der Waals surface area contributed by atoms with Crippen LogP contribution in [0.15, 0.2) is 42.9 Å². The molecule has 3 heterocycles. The monoisotopic (exact) mass is 412 g/mol. The second-order valence-corrected chi connectivity index (χ2v) is 8.11. The van der Waals surface area contributed by atoms with E-state index in [4.69, 9.17) is 0 Å². The Hall–Kier alpha value is -3.20. The first-order chi connectivity index (χ1) is 14.3. The van der Waals surface area contributed by atoms with E-state index in [1.807, 2.05) is 24.4 Å². The van der Waals surface area contributed by atoms with Crippen molar-refractivity contribution < 1.29 is 14.3 Å². The highest BCUT2D eigenvalue weighted by Gasteiger charge is 2.28. The maximum atomic E-state index is 14.0. The van der Waals surface area contributed by atoms with Crippen molar-refractivity contribution in [2.45, 2.75) is 44.5 Å². The van der Waals surface area contributed by atoms with Crippen LogP contribution in [-0.4, -0.2) is 50.0 Å². The predicted octanol–water partition coefficient (Wildman–Crippen LogP) is 2.89. The molecule has 0 saturated heterocycles. The average molecular weight is 412 g/mol. The predicted molar refractivity (Wildman–Crippen MR) is 113 cm³/mol. The third kappa shape index (κ3) is 4.68. The number of hydrogen-bond acceptors (Lipinski definition) is 6. The molecule has 1 atom stereocenters. The molecule has 1 amide bonds. The fourth-order valence-corrected chi connectivity index (χ4v) is 2.95. The van der Waals surface area contributed by atoms with Crippen LogP contribution < -0.4 is 16.0 Å². The summed E-state index contributed by atoms with van der Waals surface area (Å²) in [4.78, 5) is 17.0. The highest BCUT2D eigenvalue weighted by molar-refractivity contribution is 6.00. The van der Waals surface area contributed by atoms with Crippen molar-refractivity contribution >= 4 is 28.6 Å². The topological polar surface area (TPSA) is 104 Å². The number of aliphatic hydroxyl groups is 1. The highest BCUT2D eigenvalue weighted by Crippen LogP contribution is 2.29. The normalized spacial score (nSPS) is 15.1. The van der Waals surface area contributed by atoms with Gasteiger partial charge in [-0.05, 0) is 44.9 Å². The van der Waals surface area contributed by atoms with E-state index in [1.54, 1.807) is 16.8 Å². The molecule has 4 N–H and O–H groups in total. The lowest BCUT2D eigenvalue weighted by Crippen LogP contribution is -2.42. The standard InChI is InChI=1S/C21H25FN6O2/c1-21(2,30)18(22)12-24-20(29)16-11-23-19(10-17(16)26-13-3-4-13)27-14-6-8-28-15(9-14)5-7-25-28/h5-11,13,18,30H,3-4,12H2,1-2H3,(H,24,29)(H2,23,26,27). The number of aromatic nitrogens is 3. The number of nitrogens with zero attached hydrogens (tertiary/aromatic N) is 3. The molecule has 0 aliphatic heterocycles. The van der Waals surface area contributed by atoms with E-state index in [9.17, 15) is 14.3 Å². The summed E-state index contributed by atoms with van der Waals surface area (Å²) < 4.78 is 15.8. The molecule has 3 aromatic heterocycles. The number of hydrogen-bond donors (Lipinski definition) is 4. The molecule has 158 valence electrons. The van der Waals surface area contributed by atoms with E-state index in [0.717, 1.165) is 24.0 Å². The van der Waals surface area contributed by atoms with Gasteiger partial charge in [-0.3, -0.25) is 4.79 Å². The first kappa shape index (κ1) is 20.1. The molecule has 0 aromatic carbocycles. The number of anilines is 3. The van der Waals surface area contributed by atoms with Crippen LogP contribution in [0.3, 0.4) is 0 Å². The van der Waals surface area contributed by atoms with Gasteiger partial charge in [0, 0.05) is 36.4 Å². The Kier molecular flexibility index (Phi) is 5.29. The summed E-state index contributed by atoms with van der Waals surface area (Å²) in [6, 6.07) is 7.82. The van der Waals surface area contributed by atoms with Gasteiger partial charge in [0.15, 0.2) is 0 Å². The van der Waals surface area contributed by atoms with Gasteiger partial charge >= 0.3 is 0 Å². The maximum Gasteiger partial charge on any atom is 0.255 e. The minimum atomic E-state index is -1.58. The quantitative estimate of drug-likeness (QED) is 0.454. The SMILES string of the molecule is CC(C)(O)C(F)CNC(=O)c1cnc(Nc2ccn3nccc3c2)cc1NC1CC1. The Morgan fingerprint density at radius 2 is 2.17 bits per heavy atom. The van der Waals surface area contributed by atoms with Gasteiger partial charge in [0.25, 0.3) is 5.91 Å². The fraction of sp³-hybridized carbons (Fsp3) is 0.381. The van der Waals surface area contributed by atoms with Crippen molar-refractivity contribution in [2.24, 2.45) is 0 Å². The number of pyridine rings is 2. The minimum Gasteiger partial charge on any atom is -0.387 e. The van der Waals surface area contributed by atoms with Crippen LogP contribution in [0, 0.1) is 0 Å². The number of carbonyl (C=O) groups excluding carboxylic acids is 1. The summed E-state index contributed by atoms with van der Waals surface area (Å²) in [7, 11) is 0. The van der Waals surface area contributed by atoms with E-state index < -0.39 is 17.7 Å². The lowest BCUT2D eigenvalue weighted by molar-refractivity contribution is -0.00177. The third-order valence-corrected chi connectivity index (χ3v) is 4.97. The van der Waals surface area contributed by atoms with E-state index >= 15 is 0 Å². The van der Waals surface area contributed by atoms with Gasteiger partial charge in [0.2, 0.25) is 0 Å². The Morgan fingerprint density at radius 1 is 1.37 bits per heavy atom. The molecule has 3 aromatic rings. The summed E-state index contributed by atoms with van der Waals surface area (Å²) >= 11 is 0. The zero-order chi connectivity index (χ0) is 21.3. The van der Waals surface area contributed by atoms with Crippen LogP contribution in [0.1, 0.15) is 37.0 Å². The van der Waals surface area contributed by atoms with E-state index in [0.29, 0.717) is 23.1 Å². The number of halogens is 1. The Bertz CT molecular complexity index is 1060. The number of alkyl halides is 1. The largest absolute Gasteiger partial charge is 0.387 e. The number of amides is 1. The summed E-state index contributed by atoms with van der Waals surface area (Å²) in [5.74, 6) is 0.142. The van der Waals surface area contributed by atoms with Gasteiger partial charge < -0.3 is 21.1 Å². The van der Waals surface area contributed by atoms with E-state index in [2.05, 4.69) is 26.0 Å². The summed E-state index contributed by atoms with van der Waals surface area (Å²) in [5, 5.41) is 23.0. The van der Waals surface area contributed by atoms with Crippen LogP contribution in [0.4, 0.5) is 21.6 Å². The Morgan fingerprint density at radius 3 is 2.90 bits per heavy atom. The fourth-order valence-electron chi connectivity index (χ4n) is 2.95. The van der Waals surface area contributed by atoms with Crippen LogP contribution in [0.5, 0.6) is 0 Å². The van der Waals surface area contributed by atoms with Gasteiger partial charge in [-0.2, -0.15) is 5.10 Å². The van der Waals surface area contributed by atoms with Gasteiger partial charge in [0.1, 0.15) is 12.0 Å². The van der Waals surface area contributed by atoms with Gasteiger partial charge in [-0.1, -0.05) is 0 Å². The Labute approximate surface area is 173 Å². The lowest BCUT2D eigenvalue weighted by atomic mass is 10.0. The lowest BCUT2D eigenvalue weighted by Gasteiger charge is -2.22. The van der Waals surface area contributed by atoms with Gasteiger partial charge in [-0.25, -0.2) is 13.9 Å². The molecule has 1 unspecified atom stereocenters. The smallest absolute Gasteiger partial charge is 0.255 e. The number of carbonyl (C=O) groups is 1. The van der Waals surface area contributed by atoms with Crippen molar-refractivity contribution in [3.05, 3.63) is 48.4 Å². The first-order valence-electron chi connectivity index (χ1n) is 9.91. The molecule has 9 heteroatoms. The van der Waals surface area contributed by atoms with Crippen molar-refractivity contribution in [3.8, 4) is 0 Å². The van der Waals surface area contributed by atoms with E-state index in [1.165, 1.54) is 20.0 Å². The van der Waals surface area contributed by atoms with Crippen LogP contribution >= 0.6 is 0 Å². The molecule has 0 radical (unpaired) electrons. The van der Waals surface area contributed by atoms with Crippen LogP contribution in [-0.2, 0) is 0 Å². The molecule has 30 heavy (non-hydrogen) atoms. The first-order valence-corrected chi connectivity index (χ1v) is 9.91. The van der Waals surface area contributed by atoms with Crippen LogP contribution in [0.2, 0.25) is 0 Å². The molecular weight excluding hydrogens is 387 g/mol. The molecule has 1 aliphatic carbocycles. The van der Waals surface area contributed by atoms with Crippen molar-refractivity contribution in [1.29, 1.82) is 0 Å². The molecule has 8 nitrogen and oxygen atoms in total. The van der Waals surface area contributed by atoms with Crippen molar-refractivity contribution in [2.75, 3.05) is 17.2 Å². The van der Waals surface area contributed by atoms with E-state index in [-0.39, 0.29) is 6.54 Å². The number of nitrogens with one attached hydrogen (secondary N) is 3. The highest BCUT2D eigenvalue weighted by atomic mass is 19.1. The zero-order valence-corrected chi connectivity index (χ0v) is 16.9. The summed E-state index contributed by atoms with van der Waals surface area (Å²) in [6.07, 6.45) is 5.54. The molecule has 1 aliphatic rings. The van der Waals surface area contributed by atoms with Crippen molar-refractivity contribution in [3.63, 3.8) is 0 Å². The molecule has 4 rings (SSSR count). The van der Waals surface area contributed by atoms with Gasteiger partial charge in [-0.15, -0.1) is 0 Å². The molecule has 0 bridgehead atoms. The Balaban J connectivity index is 1.51. The molecule has 0 spiro atoms. The zero-order valence-electron chi connectivity index (χ0n) is 16.9. The summed E-state index contributed by atoms with van der Waals surface area (Å²) in [5.41, 5.74) is 1.24. The van der Waals surface area contributed by atoms with Crippen molar-refractivity contribution in [1.82, 2.24) is 19.9 Å². The minimum absolute atomic E-state index is 0.281. The number of fused-ring (bicyclic) bond motifs is 1. The second kappa shape index (κ2) is 7.91. The van der Waals surface area contributed by atoms with Crippen LogP contribution in [0.25, 0.3) is 5.52 Å². The van der Waals surface area contributed by atoms with Gasteiger partial charge in [0.05, 0.1) is 28.9 Å². The average Bonchev–Trinajstić information content (AvgIpc) is 3.38. The maximum absolute atomic E-state index is 14.0. The second-order valence-electron chi connectivity index (χ2n) is 8.11. The summed E-state index contributed by atoms with van der Waals surface area (Å²) in [6.45, 7) is 2.46.